The number of hydrogen-bond donors (Lipinski definition) is 1. The van der Waals surface area contributed by atoms with Crippen molar-refractivity contribution in [3.8, 4) is 6.07 Å². The molecule has 1 fully saturated rings. The van der Waals surface area contributed by atoms with Gasteiger partial charge in [-0.15, -0.1) is 0 Å². The third-order valence-corrected chi connectivity index (χ3v) is 7.86. The van der Waals surface area contributed by atoms with E-state index in [0.717, 1.165) is 0 Å². The van der Waals surface area contributed by atoms with Gasteiger partial charge in [0.05, 0.1) is 29.1 Å². The zero-order chi connectivity index (χ0) is 18.8. The van der Waals surface area contributed by atoms with Gasteiger partial charge in [-0.25, -0.2) is 21.8 Å². The Bertz CT molecular complexity index is 1010. The first-order valence-electron chi connectivity index (χ1n) is 7.84. The lowest BCUT2D eigenvalue weighted by molar-refractivity contribution is 0.403. The van der Waals surface area contributed by atoms with Crippen LogP contribution in [-0.2, 0) is 20.0 Å². The van der Waals surface area contributed by atoms with Crippen LogP contribution in [0.15, 0.2) is 46.7 Å². The van der Waals surface area contributed by atoms with Gasteiger partial charge in [0.25, 0.3) is 10.0 Å². The molecule has 26 heavy (non-hydrogen) atoms. The van der Waals surface area contributed by atoms with E-state index in [2.05, 4.69) is 9.97 Å². The predicted molar refractivity (Wildman–Crippen MR) is 91.9 cm³/mol. The Hall–Kier alpha value is -2.26. The van der Waals surface area contributed by atoms with Crippen molar-refractivity contribution < 1.29 is 16.8 Å². The van der Waals surface area contributed by atoms with Gasteiger partial charge in [0.1, 0.15) is 0 Å². The zero-order valence-electron chi connectivity index (χ0n) is 13.7. The smallest absolute Gasteiger partial charge is 0.260 e. The summed E-state index contributed by atoms with van der Waals surface area (Å²) in [6.07, 6.45) is 2.89. The first-order chi connectivity index (χ1) is 12.4. The van der Waals surface area contributed by atoms with Crippen molar-refractivity contribution in [1.82, 2.24) is 18.6 Å². The summed E-state index contributed by atoms with van der Waals surface area (Å²) in [6.45, 7) is 0.546. The lowest BCUT2D eigenvalue weighted by Gasteiger charge is -2.21. The van der Waals surface area contributed by atoms with Gasteiger partial charge in [-0.2, -0.15) is 13.9 Å². The Kier molecular flexibility index (Phi) is 5.10. The maximum Gasteiger partial charge on any atom is 0.260 e. The summed E-state index contributed by atoms with van der Waals surface area (Å²) in [5.74, 6) is 0. The van der Waals surface area contributed by atoms with Gasteiger partial charge in [0, 0.05) is 26.2 Å². The molecule has 1 saturated heterocycles. The molecule has 2 aromatic rings. The van der Waals surface area contributed by atoms with Gasteiger partial charge in [-0.3, -0.25) is 0 Å². The largest absolute Gasteiger partial charge is 0.335 e. The SMILES string of the molecule is N#Cc1ccc(S(=O)(=O)N2CCCN(S(=O)(=O)c3cnc[nH]3)CC2)cc1. The van der Waals surface area contributed by atoms with Crippen LogP contribution in [-0.4, -0.2) is 61.6 Å². The fraction of sp³-hybridized carbons (Fsp3) is 0.333. The van der Waals surface area contributed by atoms with Gasteiger partial charge in [0.15, 0.2) is 5.03 Å². The Morgan fingerprint density at radius 1 is 0.962 bits per heavy atom. The number of sulfonamides is 2. The first-order valence-corrected chi connectivity index (χ1v) is 10.7. The molecular weight excluding hydrogens is 378 g/mol. The second-order valence-electron chi connectivity index (χ2n) is 5.71. The molecule has 1 N–H and O–H groups in total. The molecule has 1 aliphatic heterocycles. The molecule has 1 aromatic heterocycles. The van der Waals surface area contributed by atoms with E-state index in [1.807, 2.05) is 6.07 Å². The van der Waals surface area contributed by atoms with Crippen LogP contribution in [0.1, 0.15) is 12.0 Å². The molecule has 1 aromatic carbocycles. The van der Waals surface area contributed by atoms with Crippen LogP contribution in [0.2, 0.25) is 0 Å². The number of imidazole rings is 1. The zero-order valence-corrected chi connectivity index (χ0v) is 15.4. The van der Waals surface area contributed by atoms with E-state index in [-0.39, 0.29) is 36.1 Å². The second kappa shape index (κ2) is 7.16. The number of hydrogen-bond acceptors (Lipinski definition) is 6. The summed E-state index contributed by atoms with van der Waals surface area (Å²) in [5.41, 5.74) is 0.372. The average Bonchev–Trinajstić information content (AvgIpc) is 3.06. The van der Waals surface area contributed by atoms with E-state index < -0.39 is 20.0 Å². The van der Waals surface area contributed by atoms with Crippen LogP contribution >= 0.6 is 0 Å². The summed E-state index contributed by atoms with van der Waals surface area (Å²) < 4.78 is 53.2. The Morgan fingerprint density at radius 3 is 2.12 bits per heavy atom. The highest BCUT2D eigenvalue weighted by molar-refractivity contribution is 7.89. The number of H-pyrrole nitrogens is 1. The molecule has 0 radical (unpaired) electrons. The third kappa shape index (κ3) is 3.49. The van der Waals surface area contributed by atoms with Crippen molar-refractivity contribution >= 4 is 20.0 Å². The van der Waals surface area contributed by atoms with E-state index >= 15 is 0 Å². The molecule has 3 rings (SSSR count). The molecule has 0 spiro atoms. The summed E-state index contributed by atoms with van der Waals surface area (Å²) >= 11 is 0. The number of rotatable bonds is 4. The number of aromatic amines is 1. The minimum absolute atomic E-state index is 0.0131. The lowest BCUT2D eigenvalue weighted by atomic mass is 10.2. The topological polar surface area (TPSA) is 127 Å². The molecule has 2 heterocycles. The molecular formula is C15H17N5O4S2. The van der Waals surface area contributed by atoms with E-state index in [4.69, 9.17) is 5.26 Å². The van der Waals surface area contributed by atoms with Gasteiger partial charge >= 0.3 is 0 Å². The van der Waals surface area contributed by atoms with Crippen molar-refractivity contribution in [3.05, 3.63) is 42.4 Å². The summed E-state index contributed by atoms with van der Waals surface area (Å²) in [7, 11) is -7.48. The van der Waals surface area contributed by atoms with Gasteiger partial charge in [-0.1, -0.05) is 0 Å². The molecule has 0 unspecified atom stereocenters. The van der Waals surface area contributed by atoms with E-state index in [1.54, 1.807) is 0 Å². The van der Waals surface area contributed by atoms with Crippen molar-refractivity contribution in [2.45, 2.75) is 16.3 Å². The number of nitriles is 1. The average molecular weight is 395 g/mol. The Balaban J connectivity index is 1.79. The quantitative estimate of drug-likeness (QED) is 0.796. The first kappa shape index (κ1) is 18.5. The number of nitrogens with zero attached hydrogens (tertiary/aromatic N) is 4. The molecule has 0 aliphatic carbocycles. The van der Waals surface area contributed by atoms with Gasteiger partial charge < -0.3 is 4.98 Å². The number of aromatic nitrogens is 2. The van der Waals surface area contributed by atoms with Crippen molar-refractivity contribution in [2.75, 3.05) is 26.2 Å². The van der Waals surface area contributed by atoms with Crippen LogP contribution in [0.5, 0.6) is 0 Å². The van der Waals surface area contributed by atoms with Crippen molar-refractivity contribution in [2.24, 2.45) is 0 Å². The fourth-order valence-electron chi connectivity index (χ4n) is 2.72. The molecule has 11 heteroatoms. The second-order valence-corrected chi connectivity index (χ2v) is 9.56. The minimum atomic E-state index is -3.75. The lowest BCUT2D eigenvalue weighted by Crippen LogP contribution is -2.37. The molecule has 0 bridgehead atoms. The predicted octanol–water partition coefficient (Wildman–Crippen LogP) is 0.367. The van der Waals surface area contributed by atoms with E-state index in [0.29, 0.717) is 12.0 Å². The standard InChI is InChI=1S/C15H17N5O4S2/c16-10-13-2-4-14(5-3-13)25(21,22)19-6-1-7-20(9-8-19)26(23,24)15-11-17-12-18-15/h2-5,11-12H,1,6-9H2,(H,17,18). The van der Waals surface area contributed by atoms with Crippen molar-refractivity contribution in [3.63, 3.8) is 0 Å². The van der Waals surface area contributed by atoms with Crippen LogP contribution in [0.4, 0.5) is 0 Å². The Morgan fingerprint density at radius 2 is 1.58 bits per heavy atom. The molecule has 138 valence electrons. The highest BCUT2D eigenvalue weighted by atomic mass is 32.2. The number of nitrogens with one attached hydrogen (secondary N) is 1. The summed E-state index contributed by atoms with van der Waals surface area (Å²) in [4.78, 5) is 6.38. The van der Waals surface area contributed by atoms with Crippen LogP contribution in [0.3, 0.4) is 0 Å². The monoisotopic (exact) mass is 395 g/mol. The van der Waals surface area contributed by atoms with Gasteiger partial charge in [0.2, 0.25) is 10.0 Å². The maximum absolute atomic E-state index is 12.8. The molecule has 9 nitrogen and oxygen atoms in total. The van der Waals surface area contributed by atoms with Crippen molar-refractivity contribution in [1.29, 1.82) is 5.26 Å². The number of benzene rings is 1. The van der Waals surface area contributed by atoms with Gasteiger partial charge in [-0.05, 0) is 30.7 Å². The Labute approximate surface area is 152 Å². The van der Waals surface area contributed by atoms with Crippen LogP contribution < -0.4 is 0 Å². The van der Waals surface area contributed by atoms with Crippen LogP contribution in [0.25, 0.3) is 0 Å². The third-order valence-electron chi connectivity index (χ3n) is 4.13. The van der Waals surface area contributed by atoms with E-state index in [1.165, 1.54) is 45.4 Å². The van der Waals surface area contributed by atoms with E-state index in [9.17, 15) is 16.8 Å². The molecule has 0 amide bonds. The highest BCUT2D eigenvalue weighted by Gasteiger charge is 2.32. The maximum atomic E-state index is 12.8. The summed E-state index contributed by atoms with van der Waals surface area (Å²) in [5, 5.41) is 8.81. The molecule has 1 aliphatic rings. The summed E-state index contributed by atoms with van der Waals surface area (Å²) in [6, 6.07) is 7.60. The highest BCUT2D eigenvalue weighted by Crippen LogP contribution is 2.20. The fourth-order valence-corrected chi connectivity index (χ4v) is 5.56. The van der Waals surface area contributed by atoms with Crippen LogP contribution in [0, 0.1) is 11.3 Å². The molecule has 0 atom stereocenters. The normalized spacial score (nSPS) is 17.5. The molecule has 0 saturated carbocycles. The minimum Gasteiger partial charge on any atom is -0.335 e.